The van der Waals surface area contributed by atoms with Crippen molar-refractivity contribution in [1.82, 2.24) is 4.90 Å². The summed E-state index contributed by atoms with van der Waals surface area (Å²) in [4.78, 5) is 14.9. The maximum Gasteiger partial charge on any atom is 0.227 e. The van der Waals surface area contributed by atoms with E-state index in [-0.39, 0.29) is 34.9 Å². The zero-order valence-electron chi connectivity index (χ0n) is 14.3. The molecular weight excluding hydrogens is 264 g/mol. The van der Waals surface area contributed by atoms with E-state index in [0.29, 0.717) is 0 Å². The fraction of sp³-hybridized carbons (Fsp3) is 0.941. The van der Waals surface area contributed by atoms with Crippen LogP contribution in [0.1, 0.15) is 59.8 Å². The fourth-order valence-electron chi connectivity index (χ4n) is 4.17. The number of hydrogen-bond donors (Lipinski definition) is 1. The molecule has 4 atom stereocenters. The summed E-state index contributed by atoms with van der Waals surface area (Å²) in [7, 11) is 1.95. The predicted octanol–water partition coefficient (Wildman–Crippen LogP) is 2.56. The average molecular weight is 296 g/mol. The van der Waals surface area contributed by atoms with Gasteiger partial charge in [-0.1, -0.05) is 26.7 Å². The zero-order chi connectivity index (χ0) is 15.8. The van der Waals surface area contributed by atoms with Crippen molar-refractivity contribution in [3.8, 4) is 0 Å². The van der Waals surface area contributed by atoms with Crippen molar-refractivity contribution >= 4 is 5.91 Å². The molecule has 1 amide bonds. The number of nitrogens with two attached hydrogens (primary N) is 1. The Bertz CT molecular complexity index is 392. The van der Waals surface area contributed by atoms with Gasteiger partial charge in [-0.3, -0.25) is 4.79 Å². The number of rotatable bonds is 4. The van der Waals surface area contributed by atoms with Crippen molar-refractivity contribution in [3.05, 3.63) is 0 Å². The van der Waals surface area contributed by atoms with Gasteiger partial charge in [0.1, 0.15) is 0 Å². The lowest BCUT2D eigenvalue weighted by Crippen LogP contribution is -2.64. The first kappa shape index (κ1) is 16.8. The van der Waals surface area contributed by atoms with Crippen LogP contribution in [0.3, 0.4) is 0 Å². The van der Waals surface area contributed by atoms with Crippen molar-refractivity contribution < 1.29 is 9.53 Å². The highest BCUT2D eigenvalue weighted by atomic mass is 16.5. The van der Waals surface area contributed by atoms with Crippen LogP contribution >= 0.6 is 0 Å². The minimum atomic E-state index is -0.350. The number of ether oxygens (including phenoxy) is 1. The molecule has 21 heavy (non-hydrogen) atoms. The molecule has 0 spiro atoms. The molecule has 0 radical (unpaired) electrons. The molecule has 4 unspecified atom stereocenters. The van der Waals surface area contributed by atoms with Crippen molar-refractivity contribution in [2.75, 3.05) is 13.7 Å². The summed E-state index contributed by atoms with van der Waals surface area (Å²) in [5.74, 6) is 0.200. The molecule has 4 heteroatoms. The van der Waals surface area contributed by atoms with Gasteiger partial charge in [0.05, 0.1) is 12.0 Å². The summed E-state index contributed by atoms with van der Waals surface area (Å²) >= 11 is 0. The Morgan fingerprint density at radius 3 is 2.52 bits per heavy atom. The van der Waals surface area contributed by atoms with Gasteiger partial charge >= 0.3 is 0 Å². The van der Waals surface area contributed by atoms with E-state index in [1.165, 1.54) is 0 Å². The summed E-state index contributed by atoms with van der Waals surface area (Å²) < 4.78 is 5.78. The van der Waals surface area contributed by atoms with Gasteiger partial charge in [-0.2, -0.15) is 0 Å². The molecule has 122 valence electrons. The van der Waals surface area contributed by atoms with E-state index in [0.717, 1.165) is 38.7 Å². The number of amides is 1. The molecular formula is C17H32N2O2. The lowest BCUT2D eigenvalue weighted by molar-refractivity contribution is -0.168. The first-order chi connectivity index (χ1) is 9.71. The Kier molecular flexibility index (Phi) is 4.69. The Morgan fingerprint density at radius 2 is 2.00 bits per heavy atom. The van der Waals surface area contributed by atoms with Crippen LogP contribution in [0.2, 0.25) is 0 Å². The Hall–Kier alpha value is -0.610. The van der Waals surface area contributed by atoms with Crippen LogP contribution < -0.4 is 5.73 Å². The van der Waals surface area contributed by atoms with Gasteiger partial charge in [-0.05, 0) is 33.1 Å². The van der Waals surface area contributed by atoms with E-state index in [4.69, 9.17) is 10.5 Å². The molecule has 2 rings (SSSR count). The molecule has 2 fully saturated rings. The van der Waals surface area contributed by atoms with Crippen molar-refractivity contribution in [2.45, 2.75) is 77.5 Å². The molecule has 0 aromatic rings. The number of hydrogen-bond acceptors (Lipinski definition) is 3. The SMILES string of the molecule is CCOC1CC(N(C)C(=O)C2CCCCC2(C)N)C1(C)C. The van der Waals surface area contributed by atoms with Crippen LogP contribution in [0.15, 0.2) is 0 Å². The summed E-state index contributed by atoms with van der Waals surface area (Å²) in [6, 6.07) is 0.263. The number of carbonyl (C=O) groups is 1. The van der Waals surface area contributed by atoms with Crippen molar-refractivity contribution in [3.63, 3.8) is 0 Å². The Labute approximate surface area is 129 Å². The topological polar surface area (TPSA) is 55.6 Å². The molecule has 2 saturated carbocycles. The number of carbonyl (C=O) groups excluding carboxylic acids is 1. The maximum atomic E-state index is 12.9. The first-order valence-corrected chi connectivity index (χ1v) is 8.39. The van der Waals surface area contributed by atoms with Crippen LogP contribution in [0.4, 0.5) is 0 Å². The van der Waals surface area contributed by atoms with Gasteiger partial charge in [-0.25, -0.2) is 0 Å². The lowest BCUT2D eigenvalue weighted by Gasteiger charge is -2.55. The van der Waals surface area contributed by atoms with Gasteiger partial charge in [0.25, 0.3) is 0 Å². The summed E-state index contributed by atoms with van der Waals surface area (Å²) in [6.45, 7) is 9.21. The molecule has 2 N–H and O–H groups in total. The van der Waals surface area contributed by atoms with Crippen LogP contribution in [-0.2, 0) is 9.53 Å². The largest absolute Gasteiger partial charge is 0.378 e. The third-order valence-corrected chi connectivity index (χ3v) is 5.86. The quantitative estimate of drug-likeness (QED) is 0.867. The van der Waals surface area contributed by atoms with E-state index >= 15 is 0 Å². The van der Waals surface area contributed by atoms with Crippen molar-refractivity contribution in [1.29, 1.82) is 0 Å². The normalized spacial score (nSPS) is 38.7. The second-order valence-electron chi connectivity index (χ2n) is 7.77. The molecule has 2 aliphatic carbocycles. The second kappa shape index (κ2) is 5.88. The van der Waals surface area contributed by atoms with Crippen LogP contribution in [0.5, 0.6) is 0 Å². The zero-order valence-corrected chi connectivity index (χ0v) is 14.3. The van der Waals surface area contributed by atoms with Gasteiger partial charge in [0, 0.05) is 30.7 Å². The second-order valence-corrected chi connectivity index (χ2v) is 7.77. The highest BCUT2D eigenvalue weighted by Crippen LogP contribution is 2.46. The highest BCUT2D eigenvalue weighted by Gasteiger charge is 2.53. The van der Waals surface area contributed by atoms with E-state index in [1.54, 1.807) is 0 Å². The fourth-order valence-corrected chi connectivity index (χ4v) is 4.17. The summed E-state index contributed by atoms with van der Waals surface area (Å²) in [5.41, 5.74) is 6.07. The van der Waals surface area contributed by atoms with E-state index in [2.05, 4.69) is 13.8 Å². The average Bonchev–Trinajstić information content (AvgIpc) is 2.41. The molecule has 0 bridgehead atoms. The predicted molar refractivity (Wildman–Crippen MR) is 84.9 cm³/mol. The third-order valence-electron chi connectivity index (χ3n) is 5.86. The van der Waals surface area contributed by atoms with Gasteiger partial charge < -0.3 is 15.4 Å². The third kappa shape index (κ3) is 2.98. The summed E-state index contributed by atoms with van der Waals surface area (Å²) in [5, 5.41) is 0. The number of nitrogens with zero attached hydrogens (tertiary/aromatic N) is 1. The standard InChI is InChI=1S/C17H32N2O2/c1-6-21-14-11-13(16(14,2)3)19(5)15(20)12-9-7-8-10-17(12,4)18/h12-14H,6-11,18H2,1-5H3. The van der Waals surface area contributed by atoms with E-state index in [1.807, 2.05) is 25.8 Å². The molecule has 0 saturated heterocycles. The minimum absolute atomic E-state index is 0.0279. The van der Waals surface area contributed by atoms with E-state index < -0.39 is 0 Å². The summed E-state index contributed by atoms with van der Waals surface area (Å²) in [6.07, 6.45) is 5.34. The molecule has 0 aromatic carbocycles. The monoisotopic (exact) mass is 296 g/mol. The smallest absolute Gasteiger partial charge is 0.227 e. The van der Waals surface area contributed by atoms with Gasteiger partial charge in [-0.15, -0.1) is 0 Å². The minimum Gasteiger partial charge on any atom is -0.378 e. The van der Waals surface area contributed by atoms with Gasteiger partial charge in [0.15, 0.2) is 0 Å². The molecule has 4 nitrogen and oxygen atoms in total. The molecule has 0 aromatic heterocycles. The Morgan fingerprint density at radius 1 is 1.33 bits per heavy atom. The maximum absolute atomic E-state index is 12.9. The van der Waals surface area contributed by atoms with Gasteiger partial charge in [0.2, 0.25) is 5.91 Å². The molecule has 2 aliphatic rings. The van der Waals surface area contributed by atoms with Crippen LogP contribution in [-0.4, -0.2) is 42.1 Å². The molecule has 0 heterocycles. The lowest BCUT2D eigenvalue weighted by atomic mass is 9.63. The van der Waals surface area contributed by atoms with Crippen LogP contribution in [0.25, 0.3) is 0 Å². The van der Waals surface area contributed by atoms with Crippen molar-refractivity contribution in [2.24, 2.45) is 17.1 Å². The molecule has 0 aliphatic heterocycles. The Balaban J connectivity index is 2.03. The highest BCUT2D eigenvalue weighted by molar-refractivity contribution is 5.80. The van der Waals surface area contributed by atoms with Crippen LogP contribution in [0, 0.1) is 11.3 Å². The van der Waals surface area contributed by atoms with E-state index in [9.17, 15) is 4.79 Å². The first-order valence-electron chi connectivity index (χ1n) is 8.39.